The zero-order valence-electron chi connectivity index (χ0n) is 11.3. The molecule has 0 radical (unpaired) electrons. The van der Waals surface area contributed by atoms with Gasteiger partial charge in [-0.25, -0.2) is 18.2 Å². The Hall–Kier alpha value is -1.81. The number of benzene rings is 1. The maximum atomic E-state index is 11.1. The molecular formula is C12H17N5O3S. The summed E-state index contributed by atoms with van der Waals surface area (Å²) in [7, 11) is -3.65. The molecule has 1 heterocycles. The summed E-state index contributed by atoms with van der Waals surface area (Å²) < 4.78 is 23.8. The lowest BCUT2D eigenvalue weighted by molar-refractivity contribution is 0.268. The summed E-state index contributed by atoms with van der Waals surface area (Å²) in [6.45, 7) is 1.54. The highest BCUT2D eigenvalue weighted by Crippen LogP contribution is 2.08. The number of aromatic nitrogens is 3. The van der Waals surface area contributed by atoms with Gasteiger partial charge in [0.15, 0.2) is 0 Å². The van der Waals surface area contributed by atoms with Crippen molar-refractivity contribution in [3.63, 3.8) is 0 Å². The molecule has 8 nitrogen and oxygen atoms in total. The van der Waals surface area contributed by atoms with E-state index < -0.39 is 10.0 Å². The van der Waals surface area contributed by atoms with Gasteiger partial charge in [0.25, 0.3) is 0 Å². The molecule has 0 spiro atoms. The van der Waals surface area contributed by atoms with E-state index in [4.69, 9.17) is 10.2 Å². The van der Waals surface area contributed by atoms with Crippen LogP contribution in [0.5, 0.6) is 0 Å². The van der Waals surface area contributed by atoms with E-state index in [0.717, 1.165) is 11.3 Å². The standard InChI is InChI=1S/C12H17N5O3S/c13-21(19,20)12-3-1-10(2-4-12)7-14-8-11-9-17(5-6-18)16-15-11/h1-4,9,14,18H,5-8H2,(H2,13,19,20). The monoisotopic (exact) mass is 311 g/mol. The van der Waals surface area contributed by atoms with E-state index >= 15 is 0 Å². The second-order valence-electron chi connectivity index (χ2n) is 4.49. The average molecular weight is 311 g/mol. The molecule has 2 aromatic rings. The maximum absolute atomic E-state index is 11.1. The van der Waals surface area contributed by atoms with Crippen LogP contribution >= 0.6 is 0 Å². The van der Waals surface area contributed by atoms with Crippen LogP contribution in [0.15, 0.2) is 35.4 Å². The van der Waals surface area contributed by atoms with Crippen molar-refractivity contribution in [3.8, 4) is 0 Å². The number of nitrogens with zero attached hydrogens (tertiary/aromatic N) is 3. The summed E-state index contributed by atoms with van der Waals surface area (Å²) in [5.41, 5.74) is 1.70. The van der Waals surface area contributed by atoms with Crippen LogP contribution in [0.4, 0.5) is 0 Å². The van der Waals surface area contributed by atoms with Gasteiger partial charge in [-0.3, -0.25) is 0 Å². The minimum atomic E-state index is -3.65. The molecule has 2 rings (SSSR count). The van der Waals surface area contributed by atoms with Crippen LogP contribution in [0.1, 0.15) is 11.3 Å². The smallest absolute Gasteiger partial charge is 0.238 e. The summed E-state index contributed by atoms with van der Waals surface area (Å²) in [6, 6.07) is 6.36. The van der Waals surface area contributed by atoms with E-state index in [0.29, 0.717) is 19.6 Å². The number of hydrogen-bond acceptors (Lipinski definition) is 6. The first-order valence-electron chi connectivity index (χ1n) is 6.31. The molecular weight excluding hydrogens is 294 g/mol. The van der Waals surface area contributed by atoms with Gasteiger partial charge >= 0.3 is 0 Å². The summed E-state index contributed by atoms with van der Waals surface area (Å²) in [4.78, 5) is 0.0956. The molecule has 4 N–H and O–H groups in total. The van der Waals surface area contributed by atoms with Gasteiger partial charge in [-0.1, -0.05) is 17.3 Å². The van der Waals surface area contributed by atoms with Crippen molar-refractivity contribution in [2.24, 2.45) is 5.14 Å². The Labute approximate surface area is 122 Å². The highest BCUT2D eigenvalue weighted by Gasteiger charge is 2.06. The van der Waals surface area contributed by atoms with Crippen LogP contribution in [0, 0.1) is 0 Å². The van der Waals surface area contributed by atoms with E-state index in [9.17, 15) is 8.42 Å². The molecule has 0 saturated carbocycles. The Morgan fingerprint density at radius 3 is 2.57 bits per heavy atom. The molecule has 0 aliphatic rings. The molecule has 0 bridgehead atoms. The highest BCUT2D eigenvalue weighted by atomic mass is 32.2. The van der Waals surface area contributed by atoms with Crippen LogP contribution in [-0.2, 0) is 29.7 Å². The molecule has 21 heavy (non-hydrogen) atoms. The summed E-state index contributed by atoms with van der Waals surface area (Å²) in [6.07, 6.45) is 1.76. The van der Waals surface area contributed by atoms with Crippen molar-refractivity contribution in [1.29, 1.82) is 0 Å². The normalized spacial score (nSPS) is 11.7. The predicted octanol–water partition coefficient (Wildman–Crippen LogP) is -0.792. The molecule has 0 unspecified atom stereocenters. The third-order valence-electron chi connectivity index (χ3n) is 2.80. The van der Waals surface area contributed by atoms with Gasteiger partial charge < -0.3 is 10.4 Å². The molecule has 0 aliphatic carbocycles. The third-order valence-corrected chi connectivity index (χ3v) is 3.73. The molecule has 1 aromatic heterocycles. The second-order valence-corrected chi connectivity index (χ2v) is 6.05. The Bertz CT molecular complexity index is 681. The zero-order chi connectivity index (χ0) is 15.3. The Morgan fingerprint density at radius 2 is 1.95 bits per heavy atom. The molecule has 0 amide bonds. The van der Waals surface area contributed by atoms with Gasteiger partial charge in [-0.2, -0.15) is 0 Å². The summed E-state index contributed by atoms with van der Waals surface area (Å²) in [5.74, 6) is 0. The number of sulfonamides is 1. The van der Waals surface area contributed by atoms with Crippen molar-refractivity contribution < 1.29 is 13.5 Å². The van der Waals surface area contributed by atoms with Crippen molar-refractivity contribution >= 4 is 10.0 Å². The molecule has 1 aromatic carbocycles. The van der Waals surface area contributed by atoms with E-state index in [2.05, 4.69) is 15.6 Å². The summed E-state index contributed by atoms with van der Waals surface area (Å²) >= 11 is 0. The number of aliphatic hydroxyl groups excluding tert-OH is 1. The predicted molar refractivity (Wildman–Crippen MR) is 75.5 cm³/mol. The lowest BCUT2D eigenvalue weighted by atomic mass is 10.2. The quantitative estimate of drug-likeness (QED) is 0.615. The first-order valence-corrected chi connectivity index (χ1v) is 7.86. The van der Waals surface area contributed by atoms with Crippen molar-refractivity contribution in [1.82, 2.24) is 20.3 Å². The first-order chi connectivity index (χ1) is 9.99. The van der Waals surface area contributed by atoms with E-state index in [1.165, 1.54) is 12.1 Å². The third kappa shape index (κ3) is 4.60. The van der Waals surface area contributed by atoms with Gasteiger partial charge in [0, 0.05) is 19.3 Å². The average Bonchev–Trinajstić information content (AvgIpc) is 2.86. The number of rotatable bonds is 7. The molecule has 9 heteroatoms. The van der Waals surface area contributed by atoms with Gasteiger partial charge in [0.05, 0.1) is 23.7 Å². The Kier molecular flexibility index (Phi) is 5.02. The maximum Gasteiger partial charge on any atom is 0.238 e. The van der Waals surface area contributed by atoms with Crippen LogP contribution in [0.3, 0.4) is 0 Å². The zero-order valence-corrected chi connectivity index (χ0v) is 12.1. The lowest BCUT2D eigenvalue weighted by Crippen LogP contribution is -2.14. The van der Waals surface area contributed by atoms with Crippen LogP contribution in [-0.4, -0.2) is 35.1 Å². The van der Waals surface area contributed by atoms with Crippen molar-refractivity contribution in [2.45, 2.75) is 24.5 Å². The minimum Gasteiger partial charge on any atom is -0.394 e. The topological polar surface area (TPSA) is 123 Å². The fraction of sp³-hybridized carbons (Fsp3) is 0.333. The minimum absolute atomic E-state index is 0.0205. The number of hydrogen-bond donors (Lipinski definition) is 3. The Balaban J connectivity index is 1.85. The second kappa shape index (κ2) is 6.76. The highest BCUT2D eigenvalue weighted by molar-refractivity contribution is 7.89. The SMILES string of the molecule is NS(=O)(=O)c1ccc(CNCc2cn(CCO)nn2)cc1. The first kappa shape index (κ1) is 15.6. The van der Waals surface area contributed by atoms with Crippen LogP contribution in [0.2, 0.25) is 0 Å². The van der Waals surface area contributed by atoms with Gasteiger partial charge in [0.2, 0.25) is 10.0 Å². The number of aliphatic hydroxyl groups is 1. The molecule has 0 aliphatic heterocycles. The van der Waals surface area contributed by atoms with E-state index in [1.54, 1.807) is 23.0 Å². The molecule has 0 saturated heterocycles. The number of nitrogens with two attached hydrogens (primary N) is 1. The molecule has 0 atom stereocenters. The largest absolute Gasteiger partial charge is 0.394 e. The van der Waals surface area contributed by atoms with Crippen LogP contribution in [0.25, 0.3) is 0 Å². The van der Waals surface area contributed by atoms with E-state index in [1.807, 2.05) is 0 Å². The van der Waals surface area contributed by atoms with Gasteiger partial charge in [-0.15, -0.1) is 5.10 Å². The summed E-state index contributed by atoms with van der Waals surface area (Å²) in [5, 5.41) is 24.8. The fourth-order valence-electron chi connectivity index (χ4n) is 1.76. The van der Waals surface area contributed by atoms with Crippen molar-refractivity contribution in [2.75, 3.05) is 6.61 Å². The fourth-order valence-corrected chi connectivity index (χ4v) is 2.28. The molecule has 0 fully saturated rings. The van der Waals surface area contributed by atoms with E-state index in [-0.39, 0.29) is 11.5 Å². The number of nitrogens with one attached hydrogen (secondary N) is 1. The van der Waals surface area contributed by atoms with Crippen LogP contribution < -0.4 is 10.5 Å². The van der Waals surface area contributed by atoms with Crippen molar-refractivity contribution in [3.05, 3.63) is 41.7 Å². The Morgan fingerprint density at radius 1 is 1.24 bits per heavy atom. The van der Waals surface area contributed by atoms with Gasteiger partial charge in [0.1, 0.15) is 0 Å². The molecule has 114 valence electrons. The number of primary sulfonamides is 1. The lowest BCUT2D eigenvalue weighted by Gasteiger charge is -2.04. The van der Waals surface area contributed by atoms with Gasteiger partial charge in [-0.05, 0) is 17.7 Å².